The maximum absolute atomic E-state index is 6.10. The molecule has 2 aromatic rings. The second kappa shape index (κ2) is 6.82. The molecule has 20 heavy (non-hydrogen) atoms. The van der Waals surface area contributed by atoms with Gasteiger partial charge in [0.2, 0.25) is 0 Å². The Morgan fingerprint density at radius 1 is 1.25 bits per heavy atom. The Morgan fingerprint density at radius 3 is 2.75 bits per heavy atom. The standard InChI is InChI=1S/C16H20ClNO2/c1-4-12-7-14(5-6-16(12)17)19-10-13-8-15(9-18-3)20-11(13)2/h5-8,18H,4,9-10H2,1-3H3. The Balaban J connectivity index is 2.04. The van der Waals surface area contributed by atoms with Crippen LogP contribution in [-0.2, 0) is 19.6 Å². The molecular formula is C16H20ClNO2. The van der Waals surface area contributed by atoms with E-state index in [2.05, 4.69) is 12.2 Å². The molecule has 0 unspecified atom stereocenters. The van der Waals surface area contributed by atoms with Crippen LogP contribution in [0.25, 0.3) is 0 Å². The van der Waals surface area contributed by atoms with Crippen molar-refractivity contribution < 1.29 is 9.15 Å². The van der Waals surface area contributed by atoms with Crippen molar-refractivity contribution in [3.63, 3.8) is 0 Å². The van der Waals surface area contributed by atoms with E-state index in [9.17, 15) is 0 Å². The summed E-state index contributed by atoms with van der Waals surface area (Å²) in [7, 11) is 1.90. The summed E-state index contributed by atoms with van der Waals surface area (Å²) in [6, 6.07) is 7.80. The highest BCUT2D eigenvalue weighted by Crippen LogP contribution is 2.24. The number of halogens is 1. The smallest absolute Gasteiger partial charge is 0.120 e. The van der Waals surface area contributed by atoms with Gasteiger partial charge in [0, 0.05) is 10.6 Å². The molecule has 0 fully saturated rings. The van der Waals surface area contributed by atoms with Gasteiger partial charge in [0.05, 0.1) is 6.54 Å². The predicted octanol–water partition coefficient (Wildman–Crippen LogP) is 4.10. The van der Waals surface area contributed by atoms with Crippen molar-refractivity contribution in [1.82, 2.24) is 5.32 Å². The summed E-state index contributed by atoms with van der Waals surface area (Å²) >= 11 is 6.10. The Hall–Kier alpha value is -1.45. The Morgan fingerprint density at radius 2 is 2.05 bits per heavy atom. The molecule has 0 radical (unpaired) electrons. The highest BCUT2D eigenvalue weighted by atomic mass is 35.5. The second-order valence-electron chi connectivity index (χ2n) is 4.72. The van der Waals surface area contributed by atoms with Crippen molar-refractivity contribution >= 4 is 11.6 Å². The quantitative estimate of drug-likeness (QED) is 0.870. The van der Waals surface area contributed by atoms with E-state index in [1.807, 2.05) is 38.2 Å². The van der Waals surface area contributed by atoms with Gasteiger partial charge < -0.3 is 14.5 Å². The zero-order valence-corrected chi connectivity index (χ0v) is 12.9. The average molecular weight is 294 g/mol. The minimum Gasteiger partial charge on any atom is -0.489 e. The summed E-state index contributed by atoms with van der Waals surface area (Å²) in [5.74, 6) is 2.66. The first-order chi connectivity index (χ1) is 9.63. The van der Waals surface area contributed by atoms with Gasteiger partial charge in [-0.15, -0.1) is 0 Å². The SMILES string of the molecule is CCc1cc(OCc2cc(CNC)oc2C)ccc1Cl. The Bertz CT molecular complexity index is 578. The molecule has 0 bridgehead atoms. The average Bonchev–Trinajstić information content (AvgIpc) is 2.78. The van der Waals surface area contributed by atoms with Crippen LogP contribution in [-0.4, -0.2) is 7.05 Å². The number of nitrogens with one attached hydrogen (secondary N) is 1. The summed E-state index contributed by atoms with van der Waals surface area (Å²) in [4.78, 5) is 0. The van der Waals surface area contributed by atoms with E-state index in [1.54, 1.807) is 0 Å². The van der Waals surface area contributed by atoms with Crippen LogP contribution < -0.4 is 10.1 Å². The van der Waals surface area contributed by atoms with Gasteiger partial charge in [0.25, 0.3) is 0 Å². The first-order valence-electron chi connectivity index (χ1n) is 6.78. The summed E-state index contributed by atoms with van der Waals surface area (Å²) in [5.41, 5.74) is 2.17. The largest absolute Gasteiger partial charge is 0.489 e. The van der Waals surface area contributed by atoms with E-state index in [-0.39, 0.29) is 0 Å². The van der Waals surface area contributed by atoms with E-state index in [0.29, 0.717) is 6.61 Å². The topological polar surface area (TPSA) is 34.4 Å². The molecule has 3 nitrogen and oxygen atoms in total. The number of ether oxygens (including phenoxy) is 1. The number of aryl methyl sites for hydroxylation is 2. The van der Waals surface area contributed by atoms with E-state index in [1.165, 1.54) is 0 Å². The summed E-state index contributed by atoms with van der Waals surface area (Å²) in [6.07, 6.45) is 0.896. The summed E-state index contributed by atoms with van der Waals surface area (Å²) in [5, 5.41) is 3.86. The molecule has 4 heteroatoms. The van der Waals surface area contributed by atoms with Gasteiger partial charge in [-0.05, 0) is 50.2 Å². The molecule has 0 amide bonds. The molecule has 0 spiro atoms. The van der Waals surface area contributed by atoms with Crippen LogP contribution in [0.3, 0.4) is 0 Å². The van der Waals surface area contributed by atoms with Crippen LogP contribution in [0.2, 0.25) is 5.02 Å². The van der Waals surface area contributed by atoms with Gasteiger partial charge in [-0.25, -0.2) is 0 Å². The number of hydrogen-bond acceptors (Lipinski definition) is 3. The molecule has 0 atom stereocenters. The molecule has 1 aromatic carbocycles. The highest BCUT2D eigenvalue weighted by molar-refractivity contribution is 6.31. The lowest BCUT2D eigenvalue weighted by Crippen LogP contribution is -2.03. The van der Waals surface area contributed by atoms with Crippen molar-refractivity contribution in [1.29, 1.82) is 0 Å². The van der Waals surface area contributed by atoms with E-state index >= 15 is 0 Å². The first-order valence-corrected chi connectivity index (χ1v) is 7.15. The molecule has 0 aliphatic carbocycles. The third-order valence-electron chi connectivity index (χ3n) is 3.22. The molecule has 1 N–H and O–H groups in total. The third-order valence-corrected chi connectivity index (χ3v) is 3.58. The van der Waals surface area contributed by atoms with Crippen molar-refractivity contribution in [2.24, 2.45) is 0 Å². The number of furan rings is 1. The summed E-state index contributed by atoms with van der Waals surface area (Å²) in [6.45, 7) is 5.26. The van der Waals surface area contributed by atoms with Crippen molar-refractivity contribution in [2.45, 2.75) is 33.4 Å². The Labute approximate surface area is 124 Å². The lowest BCUT2D eigenvalue weighted by Gasteiger charge is -2.08. The highest BCUT2D eigenvalue weighted by Gasteiger charge is 2.08. The molecule has 0 aliphatic rings. The van der Waals surface area contributed by atoms with E-state index < -0.39 is 0 Å². The monoisotopic (exact) mass is 293 g/mol. The maximum atomic E-state index is 6.10. The van der Waals surface area contributed by atoms with Crippen LogP contribution in [0.5, 0.6) is 5.75 Å². The normalized spacial score (nSPS) is 10.8. The van der Waals surface area contributed by atoms with Gasteiger partial charge in [0.1, 0.15) is 23.9 Å². The van der Waals surface area contributed by atoms with Crippen molar-refractivity contribution in [2.75, 3.05) is 7.05 Å². The van der Waals surface area contributed by atoms with Crippen LogP contribution in [0.15, 0.2) is 28.7 Å². The van der Waals surface area contributed by atoms with Gasteiger partial charge >= 0.3 is 0 Å². The van der Waals surface area contributed by atoms with Crippen LogP contribution in [0, 0.1) is 6.92 Å². The first kappa shape index (κ1) is 14.9. The minimum absolute atomic E-state index is 0.504. The molecule has 0 aliphatic heterocycles. The zero-order chi connectivity index (χ0) is 14.5. The van der Waals surface area contributed by atoms with Gasteiger partial charge in [-0.2, -0.15) is 0 Å². The number of rotatable bonds is 6. The second-order valence-corrected chi connectivity index (χ2v) is 5.13. The lowest BCUT2D eigenvalue weighted by molar-refractivity contribution is 0.302. The summed E-state index contributed by atoms with van der Waals surface area (Å²) < 4.78 is 11.5. The molecule has 0 saturated carbocycles. The fourth-order valence-corrected chi connectivity index (χ4v) is 2.32. The van der Waals surface area contributed by atoms with Crippen molar-refractivity contribution in [3.8, 4) is 5.75 Å². The van der Waals surface area contributed by atoms with E-state index in [0.717, 1.165) is 46.4 Å². The fourth-order valence-electron chi connectivity index (χ4n) is 2.07. The van der Waals surface area contributed by atoms with E-state index in [4.69, 9.17) is 20.8 Å². The van der Waals surface area contributed by atoms with Crippen LogP contribution in [0.4, 0.5) is 0 Å². The molecule has 1 aromatic heterocycles. The van der Waals surface area contributed by atoms with Gasteiger partial charge in [0.15, 0.2) is 0 Å². The zero-order valence-electron chi connectivity index (χ0n) is 12.1. The van der Waals surface area contributed by atoms with Crippen LogP contribution >= 0.6 is 11.6 Å². The minimum atomic E-state index is 0.504. The third kappa shape index (κ3) is 3.56. The van der Waals surface area contributed by atoms with Gasteiger partial charge in [-0.1, -0.05) is 18.5 Å². The fraction of sp³-hybridized carbons (Fsp3) is 0.375. The molecule has 108 valence electrons. The number of hydrogen-bond donors (Lipinski definition) is 1. The van der Waals surface area contributed by atoms with Crippen LogP contribution in [0.1, 0.15) is 29.6 Å². The Kier molecular flexibility index (Phi) is 5.10. The molecular weight excluding hydrogens is 274 g/mol. The van der Waals surface area contributed by atoms with Gasteiger partial charge in [-0.3, -0.25) is 0 Å². The maximum Gasteiger partial charge on any atom is 0.120 e. The molecule has 0 saturated heterocycles. The predicted molar refractivity (Wildman–Crippen MR) is 81.4 cm³/mol. The lowest BCUT2D eigenvalue weighted by atomic mass is 10.1. The molecule has 1 heterocycles. The molecule has 2 rings (SSSR count). The van der Waals surface area contributed by atoms with Crippen molar-refractivity contribution in [3.05, 3.63) is 51.9 Å². The number of benzene rings is 1.